The lowest BCUT2D eigenvalue weighted by Crippen LogP contribution is -2.30. The summed E-state index contributed by atoms with van der Waals surface area (Å²) in [5, 5.41) is 3.98. The number of methoxy groups -OCH3 is 2. The number of benzene rings is 2. The maximum Gasteiger partial charge on any atom is 0.307 e. The standard InChI is InChI=1S/C22H24N2O4S/c1-27-16-12-10-15(11-13-16)18(14-22(26)28-2)23-20(25)8-5-9-21-24-17-6-3-4-7-19(17)29-21/h3-4,6-7,10-13,18H,5,8-9,14H2,1-2H3,(H,23,25). The van der Waals surface area contributed by atoms with Crippen molar-refractivity contribution in [2.24, 2.45) is 0 Å². The van der Waals surface area contributed by atoms with Crippen LogP contribution in [0.15, 0.2) is 48.5 Å². The second-order valence-corrected chi connectivity index (χ2v) is 7.72. The van der Waals surface area contributed by atoms with E-state index in [4.69, 9.17) is 9.47 Å². The van der Waals surface area contributed by atoms with Crippen LogP contribution in [0.4, 0.5) is 0 Å². The molecule has 0 bridgehead atoms. The van der Waals surface area contributed by atoms with E-state index in [0.29, 0.717) is 18.6 Å². The number of amides is 1. The van der Waals surface area contributed by atoms with Gasteiger partial charge in [-0.05, 0) is 42.7 Å². The van der Waals surface area contributed by atoms with Gasteiger partial charge in [-0.2, -0.15) is 0 Å². The highest BCUT2D eigenvalue weighted by Crippen LogP contribution is 2.23. The summed E-state index contributed by atoms with van der Waals surface area (Å²) < 4.78 is 11.1. The van der Waals surface area contributed by atoms with Crippen molar-refractivity contribution in [2.75, 3.05) is 14.2 Å². The molecule has 6 nitrogen and oxygen atoms in total. The van der Waals surface area contributed by atoms with Crippen LogP contribution in [0.5, 0.6) is 5.75 Å². The molecule has 0 saturated carbocycles. The molecule has 152 valence electrons. The second kappa shape index (κ2) is 10.0. The van der Waals surface area contributed by atoms with E-state index in [2.05, 4.69) is 16.4 Å². The average molecular weight is 413 g/mol. The number of thiazole rings is 1. The van der Waals surface area contributed by atoms with Crippen molar-refractivity contribution in [1.82, 2.24) is 10.3 Å². The van der Waals surface area contributed by atoms with Gasteiger partial charge >= 0.3 is 5.97 Å². The molecule has 1 N–H and O–H groups in total. The van der Waals surface area contributed by atoms with Crippen LogP contribution in [0.3, 0.4) is 0 Å². The van der Waals surface area contributed by atoms with Crippen LogP contribution in [0, 0.1) is 0 Å². The second-order valence-electron chi connectivity index (χ2n) is 6.60. The molecule has 1 unspecified atom stereocenters. The summed E-state index contributed by atoms with van der Waals surface area (Å²) in [4.78, 5) is 28.9. The third kappa shape index (κ3) is 5.77. The van der Waals surface area contributed by atoms with Gasteiger partial charge in [-0.15, -0.1) is 11.3 Å². The molecule has 1 aromatic heterocycles. The van der Waals surface area contributed by atoms with Crippen LogP contribution < -0.4 is 10.1 Å². The first-order valence-electron chi connectivity index (χ1n) is 9.43. The highest BCUT2D eigenvalue weighted by atomic mass is 32.1. The van der Waals surface area contributed by atoms with Crippen LogP contribution in [0.25, 0.3) is 10.2 Å². The lowest BCUT2D eigenvalue weighted by Gasteiger charge is -2.18. The van der Waals surface area contributed by atoms with E-state index < -0.39 is 6.04 Å². The number of hydrogen-bond donors (Lipinski definition) is 1. The Morgan fingerprint density at radius 2 is 1.86 bits per heavy atom. The predicted molar refractivity (Wildman–Crippen MR) is 113 cm³/mol. The number of esters is 1. The summed E-state index contributed by atoms with van der Waals surface area (Å²) in [6.45, 7) is 0. The Morgan fingerprint density at radius 3 is 2.55 bits per heavy atom. The molecule has 1 heterocycles. The van der Waals surface area contributed by atoms with Crippen LogP contribution >= 0.6 is 11.3 Å². The first-order valence-corrected chi connectivity index (χ1v) is 10.2. The van der Waals surface area contributed by atoms with E-state index in [1.54, 1.807) is 30.6 Å². The summed E-state index contributed by atoms with van der Waals surface area (Å²) in [6.07, 6.45) is 1.88. The van der Waals surface area contributed by atoms with Crippen molar-refractivity contribution in [3.05, 3.63) is 59.1 Å². The van der Waals surface area contributed by atoms with Crippen LogP contribution in [-0.2, 0) is 20.7 Å². The van der Waals surface area contributed by atoms with Crippen molar-refractivity contribution < 1.29 is 19.1 Å². The molecule has 0 aliphatic carbocycles. The van der Waals surface area contributed by atoms with Gasteiger partial charge in [-0.25, -0.2) is 4.98 Å². The molecule has 1 atom stereocenters. The van der Waals surface area contributed by atoms with Crippen LogP contribution in [0.1, 0.15) is 35.9 Å². The molecule has 7 heteroatoms. The number of ether oxygens (including phenoxy) is 2. The van der Waals surface area contributed by atoms with Gasteiger partial charge in [0, 0.05) is 6.42 Å². The highest BCUT2D eigenvalue weighted by Gasteiger charge is 2.19. The summed E-state index contributed by atoms with van der Waals surface area (Å²) in [7, 11) is 2.93. The topological polar surface area (TPSA) is 77.5 Å². The van der Waals surface area contributed by atoms with Crippen molar-refractivity contribution in [3.8, 4) is 5.75 Å². The zero-order valence-electron chi connectivity index (χ0n) is 16.5. The quantitative estimate of drug-likeness (QED) is 0.537. The molecule has 2 aromatic carbocycles. The van der Waals surface area contributed by atoms with Gasteiger partial charge in [0.1, 0.15) is 5.75 Å². The number of nitrogens with one attached hydrogen (secondary N) is 1. The fourth-order valence-electron chi connectivity index (χ4n) is 3.03. The number of carbonyl (C=O) groups excluding carboxylic acids is 2. The zero-order chi connectivity index (χ0) is 20.6. The molecule has 3 aromatic rings. The molecule has 0 radical (unpaired) electrons. The minimum atomic E-state index is -0.441. The van der Waals surface area contributed by atoms with Crippen LogP contribution in [0.2, 0.25) is 0 Å². The number of hydrogen-bond acceptors (Lipinski definition) is 6. The third-order valence-electron chi connectivity index (χ3n) is 4.58. The predicted octanol–water partition coefficient (Wildman–Crippen LogP) is 4.05. The molecule has 0 spiro atoms. The van der Waals surface area contributed by atoms with Gasteiger partial charge in [0.05, 0.1) is 41.9 Å². The molecule has 29 heavy (non-hydrogen) atoms. The molecule has 0 fully saturated rings. The molecule has 3 rings (SSSR count). The van der Waals surface area contributed by atoms with Gasteiger partial charge in [-0.1, -0.05) is 24.3 Å². The smallest absolute Gasteiger partial charge is 0.307 e. The van der Waals surface area contributed by atoms with E-state index in [1.807, 2.05) is 30.3 Å². The molecule has 1 amide bonds. The SMILES string of the molecule is COC(=O)CC(NC(=O)CCCc1nc2ccccc2s1)c1ccc(OC)cc1. The van der Waals surface area contributed by atoms with Crippen molar-refractivity contribution in [3.63, 3.8) is 0 Å². The zero-order valence-corrected chi connectivity index (χ0v) is 17.3. The first kappa shape index (κ1) is 20.8. The van der Waals surface area contributed by atoms with Gasteiger partial charge in [0.2, 0.25) is 5.91 Å². The summed E-state index contributed by atoms with van der Waals surface area (Å²) in [5.74, 6) is 0.240. The molecular formula is C22H24N2O4S. The molecule has 0 saturated heterocycles. The Balaban J connectivity index is 1.57. The molecule has 0 aliphatic rings. The van der Waals surface area contributed by atoms with E-state index in [1.165, 1.54) is 7.11 Å². The molecular weight excluding hydrogens is 388 g/mol. The Bertz CT molecular complexity index is 935. The number of carbonyl (C=O) groups is 2. The number of fused-ring (bicyclic) bond motifs is 1. The normalized spacial score (nSPS) is 11.8. The Kier molecular flexibility index (Phi) is 7.19. The lowest BCUT2D eigenvalue weighted by molar-refractivity contribution is -0.141. The maximum absolute atomic E-state index is 12.5. The van der Waals surface area contributed by atoms with Gasteiger partial charge in [-0.3, -0.25) is 9.59 Å². The van der Waals surface area contributed by atoms with Crippen molar-refractivity contribution in [2.45, 2.75) is 31.7 Å². The number of aromatic nitrogens is 1. The largest absolute Gasteiger partial charge is 0.497 e. The summed E-state index contributed by atoms with van der Waals surface area (Å²) >= 11 is 1.66. The monoisotopic (exact) mass is 412 g/mol. The number of aryl methyl sites for hydroxylation is 1. The minimum absolute atomic E-state index is 0.0758. The number of rotatable bonds is 9. The van der Waals surface area contributed by atoms with Crippen molar-refractivity contribution in [1.29, 1.82) is 0 Å². The first-order chi connectivity index (χ1) is 14.1. The minimum Gasteiger partial charge on any atom is -0.497 e. The van der Waals surface area contributed by atoms with E-state index in [0.717, 1.165) is 27.2 Å². The highest BCUT2D eigenvalue weighted by molar-refractivity contribution is 7.18. The van der Waals surface area contributed by atoms with E-state index in [-0.39, 0.29) is 18.3 Å². The molecule has 0 aliphatic heterocycles. The third-order valence-corrected chi connectivity index (χ3v) is 5.68. The van der Waals surface area contributed by atoms with Gasteiger partial charge < -0.3 is 14.8 Å². The summed E-state index contributed by atoms with van der Waals surface area (Å²) in [5.41, 5.74) is 1.82. The van der Waals surface area contributed by atoms with E-state index in [9.17, 15) is 9.59 Å². The van der Waals surface area contributed by atoms with E-state index >= 15 is 0 Å². The van der Waals surface area contributed by atoms with Gasteiger partial charge in [0.25, 0.3) is 0 Å². The Morgan fingerprint density at radius 1 is 1.10 bits per heavy atom. The fourth-order valence-corrected chi connectivity index (χ4v) is 4.04. The maximum atomic E-state index is 12.5. The Labute approximate surface area is 173 Å². The summed E-state index contributed by atoms with van der Waals surface area (Å²) in [6, 6.07) is 14.9. The fraction of sp³-hybridized carbons (Fsp3) is 0.318. The number of para-hydroxylation sites is 1. The number of nitrogens with zero attached hydrogens (tertiary/aromatic N) is 1. The Hall–Kier alpha value is -2.93. The van der Waals surface area contributed by atoms with Gasteiger partial charge in [0.15, 0.2) is 0 Å². The van der Waals surface area contributed by atoms with Crippen LogP contribution in [-0.4, -0.2) is 31.1 Å². The van der Waals surface area contributed by atoms with Crippen molar-refractivity contribution >= 4 is 33.4 Å². The average Bonchev–Trinajstić information content (AvgIpc) is 3.16. The lowest BCUT2D eigenvalue weighted by atomic mass is 10.0.